The number of fused-ring (bicyclic) bond motifs is 2. The molecule has 1 atom stereocenters. The number of aromatic nitrogens is 4. The van der Waals surface area contributed by atoms with Gasteiger partial charge in [0.25, 0.3) is 0 Å². The lowest BCUT2D eigenvalue weighted by Gasteiger charge is -2.15. The average molecular weight is 436 g/mol. The number of carbonyl (C=O) groups excluding carboxylic acids is 1. The third-order valence-corrected chi connectivity index (χ3v) is 5.86. The monoisotopic (exact) mass is 436 g/mol. The van der Waals surface area contributed by atoms with E-state index in [1.165, 1.54) is 23.7 Å². The van der Waals surface area contributed by atoms with Gasteiger partial charge in [-0.3, -0.25) is 4.79 Å². The number of likely N-dealkylation sites (tertiary alicyclic amines) is 1. The summed E-state index contributed by atoms with van der Waals surface area (Å²) in [4.78, 5) is 30.5. The number of rotatable bonds is 5. The van der Waals surface area contributed by atoms with Crippen LogP contribution in [-0.2, 0) is 4.79 Å². The smallest absolute Gasteiger partial charge is 0.246 e. The van der Waals surface area contributed by atoms with Gasteiger partial charge in [0, 0.05) is 19.0 Å². The van der Waals surface area contributed by atoms with Gasteiger partial charge in [-0.25, -0.2) is 24.3 Å². The number of nitrogens with one attached hydrogen (secondary N) is 1. The molecule has 3 aromatic heterocycles. The predicted octanol–water partition coefficient (Wildman–Crippen LogP) is 3.68. The average Bonchev–Trinajstić information content (AvgIpc) is 3.45. The molecule has 1 aliphatic rings. The number of thiazole rings is 1. The Balaban J connectivity index is 1.42. The van der Waals surface area contributed by atoms with Crippen LogP contribution in [-0.4, -0.2) is 49.9 Å². The minimum Gasteiger partial charge on any atom is -0.472 e. The molecule has 1 amide bonds. The molecule has 0 bridgehead atoms. The SMILES string of the molecule is C=CC(=O)N1CC[C@H](Oc2ccc3ncnc(Nc4ccc5scnc5c4F)c3n2)C1. The van der Waals surface area contributed by atoms with Crippen LogP contribution in [0.5, 0.6) is 5.88 Å². The molecule has 10 heteroatoms. The van der Waals surface area contributed by atoms with Crippen molar-refractivity contribution in [3.8, 4) is 5.88 Å². The zero-order valence-corrected chi connectivity index (χ0v) is 17.1. The fraction of sp³-hybridized carbons (Fsp3) is 0.190. The van der Waals surface area contributed by atoms with E-state index in [0.29, 0.717) is 47.8 Å². The van der Waals surface area contributed by atoms with Crippen LogP contribution in [0.3, 0.4) is 0 Å². The molecule has 8 nitrogen and oxygen atoms in total. The molecule has 0 unspecified atom stereocenters. The molecule has 31 heavy (non-hydrogen) atoms. The maximum absolute atomic E-state index is 14.8. The van der Waals surface area contributed by atoms with E-state index >= 15 is 0 Å². The van der Waals surface area contributed by atoms with Crippen molar-refractivity contribution in [2.45, 2.75) is 12.5 Å². The van der Waals surface area contributed by atoms with Crippen LogP contribution in [0.2, 0.25) is 0 Å². The van der Waals surface area contributed by atoms with Gasteiger partial charge in [0.2, 0.25) is 11.8 Å². The lowest BCUT2D eigenvalue weighted by atomic mass is 10.2. The van der Waals surface area contributed by atoms with E-state index in [9.17, 15) is 9.18 Å². The van der Waals surface area contributed by atoms with Crippen molar-refractivity contribution in [2.24, 2.45) is 0 Å². The minimum absolute atomic E-state index is 0.114. The summed E-state index contributed by atoms with van der Waals surface area (Å²) in [5, 5.41) is 3.00. The Kier molecular flexibility index (Phi) is 4.91. The molecule has 156 valence electrons. The van der Waals surface area contributed by atoms with Crippen molar-refractivity contribution in [1.82, 2.24) is 24.8 Å². The van der Waals surface area contributed by atoms with E-state index < -0.39 is 5.82 Å². The van der Waals surface area contributed by atoms with Crippen molar-refractivity contribution in [1.29, 1.82) is 0 Å². The first-order chi connectivity index (χ1) is 15.1. The Labute approximate surface area is 180 Å². The van der Waals surface area contributed by atoms with Gasteiger partial charge in [-0.1, -0.05) is 6.58 Å². The molecular weight excluding hydrogens is 419 g/mol. The van der Waals surface area contributed by atoms with E-state index in [0.717, 1.165) is 4.70 Å². The topological polar surface area (TPSA) is 93.1 Å². The molecule has 1 N–H and O–H groups in total. The predicted molar refractivity (Wildman–Crippen MR) is 116 cm³/mol. The quantitative estimate of drug-likeness (QED) is 0.477. The van der Waals surface area contributed by atoms with Gasteiger partial charge in [0.05, 0.1) is 28.0 Å². The van der Waals surface area contributed by atoms with Crippen molar-refractivity contribution < 1.29 is 13.9 Å². The second-order valence-electron chi connectivity index (χ2n) is 7.01. The first-order valence-electron chi connectivity index (χ1n) is 9.61. The number of hydrogen-bond acceptors (Lipinski definition) is 8. The van der Waals surface area contributed by atoms with E-state index in [2.05, 4.69) is 31.8 Å². The highest BCUT2D eigenvalue weighted by molar-refractivity contribution is 7.16. The van der Waals surface area contributed by atoms with Gasteiger partial charge < -0.3 is 15.0 Å². The first-order valence-corrected chi connectivity index (χ1v) is 10.5. The van der Waals surface area contributed by atoms with Crippen LogP contribution in [0.15, 0.2) is 48.8 Å². The number of ether oxygens (including phenoxy) is 1. The van der Waals surface area contributed by atoms with Crippen LogP contribution in [0, 0.1) is 5.82 Å². The van der Waals surface area contributed by atoms with E-state index in [-0.39, 0.29) is 17.7 Å². The molecule has 4 aromatic rings. The molecule has 1 aliphatic heterocycles. The van der Waals surface area contributed by atoms with Crippen LogP contribution < -0.4 is 10.1 Å². The minimum atomic E-state index is -0.448. The Morgan fingerprint density at radius 2 is 2.16 bits per heavy atom. The van der Waals surface area contributed by atoms with Gasteiger partial charge in [-0.15, -0.1) is 11.3 Å². The van der Waals surface area contributed by atoms with Gasteiger partial charge in [0.1, 0.15) is 23.5 Å². The molecule has 0 spiro atoms. The third kappa shape index (κ3) is 3.66. The lowest BCUT2D eigenvalue weighted by Crippen LogP contribution is -2.29. The number of halogens is 1. The zero-order valence-electron chi connectivity index (χ0n) is 16.3. The summed E-state index contributed by atoms with van der Waals surface area (Å²) in [6, 6.07) is 6.94. The summed E-state index contributed by atoms with van der Waals surface area (Å²) in [7, 11) is 0. The van der Waals surface area contributed by atoms with Gasteiger partial charge >= 0.3 is 0 Å². The van der Waals surface area contributed by atoms with Crippen molar-refractivity contribution in [2.75, 3.05) is 18.4 Å². The fourth-order valence-corrected chi connectivity index (χ4v) is 4.20. The molecular formula is C21H17FN6O2S. The third-order valence-electron chi connectivity index (χ3n) is 5.07. The lowest BCUT2D eigenvalue weighted by molar-refractivity contribution is -0.125. The summed E-state index contributed by atoms with van der Waals surface area (Å²) < 4.78 is 21.6. The van der Waals surface area contributed by atoms with Crippen LogP contribution >= 0.6 is 11.3 Å². The summed E-state index contributed by atoms with van der Waals surface area (Å²) in [5.41, 5.74) is 3.21. The highest BCUT2D eigenvalue weighted by atomic mass is 32.1. The van der Waals surface area contributed by atoms with Crippen LogP contribution in [0.25, 0.3) is 21.3 Å². The molecule has 0 aliphatic carbocycles. The maximum Gasteiger partial charge on any atom is 0.246 e. The van der Waals surface area contributed by atoms with Crippen molar-refractivity contribution in [3.63, 3.8) is 0 Å². The number of amides is 1. The maximum atomic E-state index is 14.8. The highest BCUT2D eigenvalue weighted by Crippen LogP contribution is 2.30. The second kappa shape index (κ2) is 7.88. The fourth-order valence-electron chi connectivity index (χ4n) is 3.53. The second-order valence-corrected chi connectivity index (χ2v) is 7.89. The van der Waals surface area contributed by atoms with Crippen LogP contribution in [0.1, 0.15) is 6.42 Å². The Morgan fingerprint density at radius 1 is 1.26 bits per heavy atom. The molecule has 1 saturated heterocycles. The Bertz CT molecular complexity index is 1310. The van der Waals surface area contributed by atoms with Gasteiger partial charge in [-0.2, -0.15) is 0 Å². The number of benzene rings is 1. The Hall–Kier alpha value is -3.66. The summed E-state index contributed by atoms with van der Waals surface area (Å²) in [6.45, 7) is 4.60. The normalized spacial score (nSPS) is 16.0. The van der Waals surface area contributed by atoms with E-state index in [4.69, 9.17) is 4.74 Å². The number of anilines is 2. The van der Waals surface area contributed by atoms with Crippen molar-refractivity contribution in [3.05, 3.63) is 54.6 Å². The number of pyridine rings is 1. The van der Waals surface area contributed by atoms with E-state index in [1.54, 1.807) is 34.7 Å². The summed E-state index contributed by atoms with van der Waals surface area (Å²) in [6.07, 6.45) is 3.23. The Morgan fingerprint density at radius 3 is 3.03 bits per heavy atom. The summed E-state index contributed by atoms with van der Waals surface area (Å²) in [5.74, 6) is 0.185. The summed E-state index contributed by atoms with van der Waals surface area (Å²) >= 11 is 1.38. The molecule has 1 fully saturated rings. The zero-order chi connectivity index (χ0) is 21.4. The molecule has 4 heterocycles. The molecule has 1 aromatic carbocycles. The molecule has 0 radical (unpaired) electrons. The highest BCUT2D eigenvalue weighted by Gasteiger charge is 2.26. The standard InChI is InChI=1S/C21H17FN6O2S/c1-2-17(29)28-8-7-12(9-28)30-16-6-4-14-19(27-16)21(24-10-23-14)26-13-3-5-15-20(18(13)22)25-11-31-15/h2-6,10-12H,1,7-9H2,(H,23,24,26)/t12-/m0/s1. The number of carbonyl (C=O) groups is 1. The number of hydrogen-bond donors (Lipinski definition) is 1. The van der Waals surface area contributed by atoms with Gasteiger partial charge in [0.15, 0.2) is 11.6 Å². The van der Waals surface area contributed by atoms with Crippen LogP contribution in [0.4, 0.5) is 15.9 Å². The van der Waals surface area contributed by atoms with Crippen molar-refractivity contribution >= 4 is 50.0 Å². The largest absolute Gasteiger partial charge is 0.472 e. The molecule has 0 saturated carbocycles. The molecule has 5 rings (SSSR count). The van der Waals surface area contributed by atoms with E-state index in [1.807, 2.05) is 0 Å². The van der Waals surface area contributed by atoms with Gasteiger partial charge in [-0.05, 0) is 24.3 Å². The number of nitrogens with zero attached hydrogens (tertiary/aromatic N) is 5. The first kappa shape index (κ1) is 19.3.